The highest BCUT2D eigenvalue weighted by Gasteiger charge is 2.21. The van der Waals surface area contributed by atoms with Crippen LogP contribution in [0.25, 0.3) is 11.3 Å². The van der Waals surface area contributed by atoms with Crippen molar-refractivity contribution >= 4 is 5.97 Å². The second kappa shape index (κ2) is 7.09. The molecule has 1 aliphatic heterocycles. The maximum absolute atomic E-state index is 11.6. The molecule has 2 heterocycles. The Kier molecular flexibility index (Phi) is 4.90. The molecule has 1 N–H and O–H groups in total. The van der Waals surface area contributed by atoms with Crippen molar-refractivity contribution in [3.8, 4) is 17.0 Å². The SMILES string of the molecule is COc1ccccc1-c1c(C)c(C(=O)O)cn1CCN1CCCC1. The number of ether oxygens (including phenoxy) is 1. The first-order valence-electron chi connectivity index (χ1n) is 8.40. The summed E-state index contributed by atoms with van der Waals surface area (Å²) in [6.07, 6.45) is 4.27. The van der Waals surface area contributed by atoms with E-state index < -0.39 is 5.97 Å². The minimum absolute atomic E-state index is 0.359. The number of para-hydroxylation sites is 1. The topological polar surface area (TPSA) is 54.7 Å². The average molecular weight is 328 g/mol. The molecule has 1 saturated heterocycles. The normalized spacial score (nSPS) is 14.9. The van der Waals surface area contributed by atoms with E-state index in [-0.39, 0.29) is 0 Å². The number of carboxylic acids is 1. The monoisotopic (exact) mass is 328 g/mol. The van der Waals surface area contributed by atoms with Gasteiger partial charge < -0.3 is 19.3 Å². The fourth-order valence-electron chi connectivity index (χ4n) is 3.50. The maximum atomic E-state index is 11.6. The van der Waals surface area contributed by atoms with Gasteiger partial charge in [0.15, 0.2) is 0 Å². The summed E-state index contributed by atoms with van der Waals surface area (Å²) in [7, 11) is 1.64. The van der Waals surface area contributed by atoms with E-state index in [1.165, 1.54) is 12.8 Å². The number of aromatic carboxylic acids is 1. The standard InChI is InChI=1S/C19H24N2O3/c1-14-16(19(22)23)13-21(12-11-20-9-5-6-10-20)18(14)15-7-3-4-8-17(15)24-2/h3-4,7-8,13H,5-6,9-12H2,1-2H3,(H,22,23). The zero-order chi connectivity index (χ0) is 17.1. The minimum Gasteiger partial charge on any atom is -0.496 e. The van der Waals surface area contributed by atoms with Crippen LogP contribution in [0, 0.1) is 6.92 Å². The lowest BCUT2D eigenvalue weighted by Crippen LogP contribution is -2.24. The average Bonchev–Trinajstić information content (AvgIpc) is 3.20. The van der Waals surface area contributed by atoms with Crippen LogP contribution in [0.1, 0.15) is 28.8 Å². The van der Waals surface area contributed by atoms with E-state index in [9.17, 15) is 9.90 Å². The third-order valence-corrected chi connectivity index (χ3v) is 4.78. The van der Waals surface area contributed by atoms with E-state index >= 15 is 0 Å². The number of nitrogens with zero attached hydrogens (tertiary/aromatic N) is 2. The van der Waals surface area contributed by atoms with E-state index in [1.54, 1.807) is 13.3 Å². The molecule has 2 aromatic rings. The number of carboxylic acid groups (broad SMARTS) is 1. The lowest BCUT2D eigenvalue weighted by atomic mass is 10.0. The molecule has 0 atom stereocenters. The van der Waals surface area contributed by atoms with Gasteiger partial charge in [0.1, 0.15) is 5.75 Å². The molecule has 0 aliphatic carbocycles. The zero-order valence-corrected chi connectivity index (χ0v) is 14.3. The number of hydrogen-bond acceptors (Lipinski definition) is 3. The van der Waals surface area contributed by atoms with Crippen molar-refractivity contribution < 1.29 is 14.6 Å². The van der Waals surface area contributed by atoms with Gasteiger partial charge in [-0.15, -0.1) is 0 Å². The number of hydrogen-bond donors (Lipinski definition) is 1. The first kappa shape index (κ1) is 16.6. The molecule has 0 spiro atoms. The van der Waals surface area contributed by atoms with Gasteiger partial charge in [0.25, 0.3) is 0 Å². The van der Waals surface area contributed by atoms with Crippen LogP contribution in [0.5, 0.6) is 5.75 Å². The van der Waals surface area contributed by atoms with Gasteiger partial charge in [-0.05, 0) is 50.6 Å². The van der Waals surface area contributed by atoms with Crippen LogP contribution in [-0.2, 0) is 6.54 Å². The van der Waals surface area contributed by atoms with Gasteiger partial charge in [0, 0.05) is 24.8 Å². The van der Waals surface area contributed by atoms with E-state index in [0.29, 0.717) is 5.56 Å². The zero-order valence-electron chi connectivity index (χ0n) is 14.3. The third kappa shape index (κ3) is 3.17. The Bertz CT molecular complexity index is 730. The van der Waals surface area contributed by atoms with Crippen LogP contribution >= 0.6 is 0 Å². The van der Waals surface area contributed by atoms with Gasteiger partial charge >= 0.3 is 5.97 Å². The quantitative estimate of drug-likeness (QED) is 0.884. The molecule has 0 amide bonds. The minimum atomic E-state index is -0.886. The molecule has 5 heteroatoms. The molecule has 0 saturated carbocycles. The summed E-state index contributed by atoms with van der Waals surface area (Å²) in [5, 5.41) is 9.50. The summed E-state index contributed by atoms with van der Waals surface area (Å²) in [5.41, 5.74) is 3.02. The highest BCUT2D eigenvalue weighted by atomic mass is 16.5. The van der Waals surface area contributed by atoms with Crippen LogP contribution in [-0.4, -0.2) is 47.3 Å². The largest absolute Gasteiger partial charge is 0.496 e. The Hall–Kier alpha value is -2.27. The number of rotatable bonds is 6. The Morgan fingerprint density at radius 1 is 1.21 bits per heavy atom. The maximum Gasteiger partial charge on any atom is 0.337 e. The summed E-state index contributed by atoms with van der Waals surface area (Å²) < 4.78 is 7.55. The van der Waals surface area contributed by atoms with Crippen LogP contribution in [0.3, 0.4) is 0 Å². The summed E-state index contributed by atoms with van der Waals surface area (Å²) in [6, 6.07) is 7.77. The summed E-state index contributed by atoms with van der Waals surface area (Å²) in [6.45, 7) is 5.86. The van der Waals surface area contributed by atoms with Crippen molar-refractivity contribution in [1.29, 1.82) is 0 Å². The van der Waals surface area contributed by atoms with Gasteiger partial charge in [-0.3, -0.25) is 0 Å². The van der Waals surface area contributed by atoms with Gasteiger partial charge in [-0.25, -0.2) is 4.79 Å². The van der Waals surface area contributed by atoms with Gasteiger partial charge in [0.05, 0.1) is 18.4 Å². The fraction of sp³-hybridized carbons (Fsp3) is 0.421. The molecular weight excluding hydrogens is 304 g/mol. The second-order valence-corrected chi connectivity index (χ2v) is 6.26. The van der Waals surface area contributed by atoms with Gasteiger partial charge in [0.2, 0.25) is 0 Å². The van der Waals surface area contributed by atoms with E-state index in [2.05, 4.69) is 9.47 Å². The molecular formula is C19H24N2O3. The Morgan fingerprint density at radius 2 is 1.92 bits per heavy atom. The molecule has 1 aromatic carbocycles. The summed E-state index contributed by atoms with van der Waals surface area (Å²) in [5.74, 6) is -0.123. The van der Waals surface area contributed by atoms with Crippen LogP contribution in [0.2, 0.25) is 0 Å². The smallest absolute Gasteiger partial charge is 0.337 e. The Labute approximate surface area is 142 Å². The highest BCUT2D eigenvalue weighted by Crippen LogP contribution is 2.34. The molecule has 3 rings (SSSR count). The molecule has 5 nitrogen and oxygen atoms in total. The molecule has 24 heavy (non-hydrogen) atoms. The van der Waals surface area contributed by atoms with Crippen LogP contribution < -0.4 is 4.74 Å². The van der Waals surface area contributed by atoms with Crippen molar-refractivity contribution in [2.75, 3.05) is 26.7 Å². The first-order chi connectivity index (χ1) is 11.6. The van der Waals surface area contributed by atoms with Crippen molar-refractivity contribution in [2.45, 2.75) is 26.3 Å². The predicted molar refractivity (Wildman–Crippen MR) is 93.8 cm³/mol. The second-order valence-electron chi connectivity index (χ2n) is 6.26. The molecule has 0 unspecified atom stereocenters. The summed E-state index contributed by atoms with van der Waals surface area (Å²) in [4.78, 5) is 14.0. The molecule has 1 aliphatic rings. The molecule has 128 valence electrons. The van der Waals surface area contributed by atoms with Crippen molar-refractivity contribution in [2.24, 2.45) is 0 Å². The fourth-order valence-corrected chi connectivity index (χ4v) is 3.50. The Morgan fingerprint density at radius 3 is 2.58 bits per heavy atom. The summed E-state index contributed by atoms with van der Waals surface area (Å²) >= 11 is 0. The highest BCUT2D eigenvalue weighted by molar-refractivity contribution is 5.92. The van der Waals surface area contributed by atoms with E-state index in [1.807, 2.05) is 31.2 Å². The Balaban J connectivity index is 2.00. The van der Waals surface area contributed by atoms with Crippen molar-refractivity contribution in [3.05, 3.63) is 41.6 Å². The van der Waals surface area contributed by atoms with E-state index in [4.69, 9.17) is 4.74 Å². The lowest BCUT2D eigenvalue weighted by molar-refractivity contribution is 0.0696. The third-order valence-electron chi connectivity index (χ3n) is 4.78. The molecule has 1 aromatic heterocycles. The van der Waals surface area contributed by atoms with Crippen molar-refractivity contribution in [3.63, 3.8) is 0 Å². The molecule has 1 fully saturated rings. The van der Waals surface area contributed by atoms with Gasteiger partial charge in [-0.1, -0.05) is 12.1 Å². The molecule has 0 bridgehead atoms. The number of aromatic nitrogens is 1. The number of likely N-dealkylation sites (tertiary alicyclic amines) is 1. The molecule has 0 radical (unpaired) electrons. The number of methoxy groups -OCH3 is 1. The lowest BCUT2D eigenvalue weighted by Gasteiger charge is -2.18. The number of benzene rings is 1. The van der Waals surface area contributed by atoms with E-state index in [0.717, 1.165) is 48.7 Å². The van der Waals surface area contributed by atoms with Crippen LogP contribution in [0.4, 0.5) is 0 Å². The van der Waals surface area contributed by atoms with Gasteiger partial charge in [-0.2, -0.15) is 0 Å². The predicted octanol–water partition coefficient (Wildman–Crippen LogP) is 3.27. The first-order valence-corrected chi connectivity index (χ1v) is 8.40. The van der Waals surface area contributed by atoms with Crippen molar-refractivity contribution in [1.82, 2.24) is 9.47 Å². The van der Waals surface area contributed by atoms with Crippen LogP contribution in [0.15, 0.2) is 30.5 Å². The number of carbonyl (C=O) groups is 1.